The van der Waals surface area contributed by atoms with Crippen molar-refractivity contribution in [3.8, 4) is 11.5 Å². The fourth-order valence-corrected chi connectivity index (χ4v) is 3.04. The van der Waals surface area contributed by atoms with E-state index in [0.29, 0.717) is 41.7 Å². The van der Waals surface area contributed by atoms with Crippen molar-refractivity contribution in [2.45, 2.75) is 32.2 Å². The molecule has 1 aromatic carbocycles. The summed E-state index contributed by atoms with van der Waals surface area (Å²) in [4.78, 5) is 21.3. The minimum atomic E-state index is -0.190. The zero-order chi connectivity index (χ0) is 16.2. The summed E-state index contributed by atoms with van der Waals surface area (Å²) in [6, 6.07) is 3.93. The van der Waals surface area contributed by atoms with Crippen molar-refractivity contribution in [2.75, 3.05) is 26.8 Å². The van der Waals surface area contributed by atoms with E-state index >= 15 is 0 Å². The number of hydrogen-bond donors (Lipinski definition) is 1. The predicted molar refractivity (Wildman–Crippen MR) is 89.3 cm³/mol. The largest absolute Gasteiger partial charge is 0.494 e. The van der Waals surface area contributed by atoms with Crippen molar-refractivity contribution < 1.29 is 9.47 Å². The molecule has 124 valence electrons. The molecule has 1 aliphatic rings. The number of benzene rings is 1. The van der Waals surface area contributed by atoms with E-state index in [0.717, 1.165) is 13.0 Å². The molecule has 1 fully saturated rings. The molecular weight excluding hydrogens is 294 g/mol. The van der Waals surface area contributed by atoms with Crippen molar-refractivity contribution >= 4 is 10.9 Å². The SMILES string of the molecule is CCOc1cc(OC[C@H]2CCCCN2C)c2c(=O)[nH]cnc2c1. The Morgan fingerprint density at radius 1 is 1.35 bits per heavy atom. The number of fused-ring (bicyclic) bond motifs is 1. The Hall–Kier alpha value is -2.08. The monoisotopic (exact) mass is 317 g/mol. The summed E-state index contributed by atoms with van der Waals surface area (Å²) in [5, 5.41) is 0.481. The average molecular weight is 317 g/mol. The maximum atomic E-state index is 12.2. The van der Waals surface area contributed by atoms with E-state index in [1.165, 1.54) is 19.2 Å². The van der Waals surface area contributed by atoms with Gasteiger partial charge in [0.25, 0.3) is 5.56 Å². The van der Waals surface area contributed by atoms with E-state index in [4.69, 9.17) is 9.47 Å². The highest BCUT2D eigenvalue weighted by molar-refractivity contribution is 5.85. The highest BCUT2D eigenvalue weighted by atomic mass is 16.5. The van der Waals surface area contributed by atoms with Crippen LogP contribution in [0.1, 0.15) is 26.2 Å². The lowest BCUT2D eigenvalue weighted by Gasteiger charge is -2.32. The van der Waals surface area contributed by atoms with Gasteiger partial charge in [-0.15, -0.1) is 0 Å². The normalized spacial score (nSPS) is 19.0. The average Bonchev–Trinajstić information content (AvgIpc) is 2.54. The quantitative estimate of drug-likeness (QED) is 0.915. The number of piperidine rings is 1. The number of ether oxygens (including phenoxy) is 2. The predicted octanol–water partition coefficient (Wildman–Crippen LogP) is 2.18. The van der Waals surface area contributed by atoms with Gasteiger partial charge < -0.3 is 19.4 Å². The molecule has 0 unspecified atom stereocenters. The Labute approximate surface area is 135 Å². The Morgan fingerprint density at radius 3 is 3.00 bits per heavy atom. The number of aromatic nitrogens is 2. The van der Waals surface area contributed by atoms with Crippen LogP contribution in [0.2, 0.25) is 0 Å². The number of likely N-dealkylation sites (tertiary alicyclic amines) is 1. The van der Waals surface area contributed by atoms with Gasteiger partial charge in [0, 0.05) is 18.2 Å². The molecule has 1 N–H and O–H groups in total. The van der Waals surface area contributed by atoms with Crippen molar-refractivity contribution in [3.05, 3.63) is 28.8 Å². The van der Waals surface area contributed by atoms with Crippen LogP contribution in [0.3, 0.4) is 0 Å². The zero-order valence-electron chi connectivity index (χ0n) is 13.7. The number of hydrogen-bond acceptors (Lipinski definition) is 5. The molecule has 6 heteroatoms. The number of nitrogens with one attached hydrogen (secondary N) is 1. The van der Waals surface area contributed by atoms with Crippen LogP contribution in [0, 0.1) is 0 Å². The van der Waals surface area contributed by atoms with Gasteiger partial charge in [0.2, 0.25) is 0 Å². The van der Waals surface area contributed by atoms with Crippen molar-refractivity contribution in [2.24, 2.45) is 0 Å². The smallest absolute Gasteiger partial charge is 0.262 e. The second kappa shape index (κ2) is 7.00. The molecule has 6 nitrogen and oxygen atoms in total. The van der Waals surface area contributed by atoms with E-state index in [1.807, 2.05) is 6.92 Å². The van der Waals surface area contributed by atoms with Gasteiger partial charge in [-0.25, -0.2) is 4.98 Å². The molecule has 3 rings (SSSR count). The van der Waals surface area contributed by atoms with Crippen molar-refractivity contribution in [1.29, 1.82) is 0 Å². The summed E-state index contributed by atoms with van der Waals surface area (Å²) in [7, 11) is 2.12. The topological polar surface area (TPSA) is 67.5 Å². The maximum Gasteiger partial charge on any atom is 0.262 e. The lowest BCUT2D eigenvalue weighted by molar-refractivity contribution is 0.125. The first-order chi connectivity index (χ1) is 11.2. The standard InChI is InChI=1S/C17H23N3O3/c1-3-22-13-8-14-16(17(21)19-11-18-14)15(9-13)23-10-12-6-4-5-7-20(12)2/h8-9,11-12H,3-7,10H2,1-2H3,(H,18,19,21)/t12-/m1/s1. The molecule has 0 aliphatic carbocycles. The first kappa shape index (κ1) is 15.8. The first-order valence-electron chi connectivity index (χ1n) is 8.16. The van der Waals surface area contributed by atoms with E-state index in [-0.39, 0.29) is 5.56 Å². The molecule has 1 saturated heterocycles. The maximum absolute atomic E-state index is 12.2. The lowest BCUT2D eigenvalue weighted by Crippen LogP contribution is -2.40. The van der Waals surface area contributed by atoms with Crippen LogP contribution >= 0.6 is 0 Å². The van der Waals surface area contributed by atoms with Gasteiger partial charge in [-0.3, -0.25) is 4.79 Å². The first-order valence-corrected chi connectivity index (χ1v) is 8.16. The van der Waals surface area contributed by atoms with Gasteiger partial charge in [-0.05, 0) is 33.4 Å². The van der Waals surface area contributed by atoms with Crippen LogP contribution in [0.5, 0.6) is 11.5 Å². The van der Waals surface area contributed by atoms with Crippen LogP contribution in [-0.4, -0.2) is 47.7 Å². The summed E-state index contributed by atoms with van der Waals surface area (Å²) in [5.74, 6) is 1.21. The van der Waals surface area contributed by atoms with Gasteiger partial charge in [0.05, 0.1) is 18.5 Å². The van der Waals surface area contributed by atoms with Gasteiger partial charge in [0.1, 0.15) is 23.5 Å². The van der Waals surface area contributed by atoms with Crippen molar-refractivity contribution in [3.63, 3.8) is 0 Å². The van der Waals surface area contributed by atoms with E-state index < -0.39 is 0 Å². The lowest BCUT2D eigenvalue weighted by atomic mass is 10.0. The van der Waals surface area contributed by atoms with Crippen LogP contribution in [0.4, 0.5) is 0 Å². The number of aromatic amines is 1. The highest BCUT2D eigenvalue weighted by Gasteiger charge is 2.20. The Balaban J connectivity index is 1.89. The summed E-state index contributed by atoms with van der Waals surface area (Å²) < 4.78 is 11.6. The Bertz CT molecular complexity index is 729. The number of likely N-dealkylation sites (N-methyl/N-ethyl adjacent to an activating group) is 1. The molecule has 1 aromatic heterocycles. The molecule has 0 bridgehead atoms. The van der Waals surface area contributed by atoms with E-state index in [9.17, 15) is 4.79 Å². The minimum Gasteiger partial charge on any atom is -0.494 e. The van der Waals surface area contributed by atoms with E-state index in [1.54, 1.807) is 12.1 Å². The molecule has 1 aliphatic heterocycles. The minimum absolute atomic E-state index is 0.190. The van der Waals surface area contributed by atoms with Crippen LogP contribution in [0.25, 0.3) is 10.9 Å². The number of rotatable bonds is 5. The highest BCUT2D eigenvalue weighted by Crippen LogP contribution is 2.28. The Morgan fingerprint density at radius 2 is 2.22 bits per heavy atom. The molecule has 1 atom stereocenters. The molecule has 2 heterocycles. The van der Waals surface area contributed by atoms with Crippen LogP contribution < -0.4 is 15.0 Å². The summed E-state index contributed by atoms with van der Waals surface area (Å²) in [6.45, 7) is 4.14. The second-order valence-corrected chi connectivity index (χ2v) is 5.92. The molecule has 23 heavy (non-hydrogen) atoms. The molecule has 2 aromatic rings. The summed E-state index contributed by atoms with van der Waals surface area (Å²) in [6.07, 6.45) is 4.98. The van der Waals surface area contributed by atoms with Gasteiger partial charge >= 0.3 is 0 Å². The summed E-state index contributed by atoms with van der Waals surface area (Å²) >= 11 is 0. The van der Waals surface area contributed by atoms with Gasteiger partial charge in [0.15, 0.2) is 0 Å². The third-order valence-electron chi connectivity index (χ3n) is 4.34. The molecule has 0 amide bonds. The fourth-order valence-electron chi connectivity index (χ4n) is 3.04. The molecule has 0 radical (unpaired) electrons. The van der Waals surface area contributed by atoms with Crippen molar-refractivity contribution in [1.82, 2.24) is 14.9 Å². The molecule has 0 spiro atoms. The number of H-pyrrole nitrogens is 1. The number of nitrogens with zero attached hydrogens (tertiary/aromatic N) is 2. The van der Waals surface area contributed by atoms with Crippen LogP contribution in [-0.2, 0) is 0 Å². The molecular formula is C17H23N3O3. The summed E-state index contributed by atoms with van der Waals surface area (Å²) in [5.41, 5.74) is 0.400. The van der Waals surface area contributed by atoms with Crippen LogP contribution in [0.15, 0.2) is 23.3 Å². The second-order valence-electron chi connectivity index (χ2n) is 5.92. The van der Waals surface area contributed by atoms with Gasteiger partial charge in [-0.2, -0.15) is 0 Å². The Kier molecular flexibility index (Phi) is 4.81. The third-order valence-corrected chi connectivity index (χ3v) is 4.34. The third kappa shape index (κ3) is 3.47. The zero-order valence-corrected chi connectivity index (χ0v) is 13.7. The van der Waals surface area contributed by atoms with Gasteiger partial charge in [-0.1, -0.05) is 6.42 Å². The fraction of sp³-hybridized carbons (Fsp3) is 0.529. The van der Waals surface area contributed by atoms with E-state index in [2.05, 4.69) is 21.9 Å². The molecule has 0 saturated carbocycles.